The molecule has 0 saturated carbocycles. The molecule has 0 aromatic carbocycles. The van der Waals surface area contributed by atoms with Crippen LogP contribution in [0.3, 0.4) is 0 Å². The molecule has 0 aliphatic carbocycles. The second-order valence-electron chi connectivity index (χ2n) is 5.22. The van der Waals surface area contributed by atoms with Crippen LogP contribution >= 0.6 is 0 Å². The van der Waals surface area contributed by atoms with Gasteiger partial charge in [-0.2, -0.15) is 0 Å². The highest BCUT2D eigenvalue weighted by Crippen LogP contribution is 2.25. The summed E-state index contributed by atoms with van der Waals surface area (Å²) in [6.45, 7) is 4.35. The Balaban J connectivity index is 2.71. The van der Waals surface area contributed by atoms with Crippen molar-refractivity contribution in [2.24, 2.45) is 0 Å². The second kappa shape index (κ2) is 8.73. The molecule has 0 fully saturated rings. The van der Waals surface area contributed by atoms with Gasteiger partial charge in [0, 0.05) is 11.8 Å². The van der Waals surface area contributed by atoms with Gasteiger partial charge in [0.2, 0.25) is 0 Å². The van der Waals surface area contributed by atoms with Gasteiger partial charge >= 0.3 is 5.69 Å². The summed E-state index contributed by atoms with van der Waals surface area (Å²) in [4.78, 5) is 27.8. The zero-order chi connectivity index (χ0) is 14.1. The molecular formula is C15H26N2O2. The van der Waals surface area contributed by atoms with Crippen LogP contribution in [0.1, 0.15) is 76.7 Å². The number of hydrogen-bond acceptors (Lipinski definition) is 2. The predicted molar refractivity (Wildman–Crippen MR) is 78.7 cm³/mol. The van der Waals surface area contributed by atoms with Gasteiger partial charge in [0.1, 0.15) is 0 Å². The fraction of sp³-hybridized carbons (Fsp3) is 0.733. The molecule has 0 saturated heterocycles. The van der Waals surface area contributed by atoms with E-state index in [2.05, 4.69) is 23.8 Å². The van der Waals surface area contributed by atoms with Crippen LogP contribution in [-0.4, -0.2) is 9.97 Å². The van der Waals surface area contributed by atoms with Crippen LogP contribution < -0.4 is 11.2 Å². The molecule has 1 aromatic heterocycles. The third-order valence-corrected chi connectivity index (χ3v) is 3.60. The van der Waals surface area contributed by atoms with E-state index >= 15 is 0 Å². The lowest BCUT2D eigenvalue weighted by molar-refractivity contribution is 0.503. The number of rotatable bonds is 9. The van der Waals surface area contributed by atoms with Crippen LogP contribution in [0.15, 0.2) is 15.8 Å². The van der Waals surface area contributed by atoms with E-state index in [0.717, 1.165) is 37.7 Å². The minimum atomic E-state index is -0.422. The zero-order valence-corrected chi connectivity index (χ0v) is 12.1. The molecule has 1 heterocycles. The summed E-state index contributed by atoms with van der Waals surface area (Å²) in [6.07, 6.45) is 10.8. The standard InChI is InChI=1S/C15H26N2O2/c1-3-5-7-8-10-12(9-6-4-2)13-11-16-15(19)17-14(13)18/h11-12H,3-10H2,1-2H3,(H2,16,17,18,19). The third-order valence-electron chi connectivity index (χ3n) is 3.60. The van der Waals surface area contributed by atoms with Crippen molar-refractivity contribution in [2.75, 3.05) is 0 Å². The van der Waals surface area contributed by atoms with E-state index in [-0.39, 0.29) is 11.5 Å². The van der Waals surface area contributed by atoms with Gasteiger partial charge in [-0.3, -0.25) is 9.78 Å². The highest BCUT2D eigenvalue weighted by atomic mass is 16.2. The van der Waals surface area contributed by atoms with Gasteiger partial charge in [0.25, 0.3) is 5.56 Å². The van der Waals surface area contributed by atoms with Gasteiger partial charge in [-0.1, -0.05) is 52.4 Å². The number of H-pyrrole nitrogens is 2. The smallest absolute Gasteiger partial charge is 0.314 e. The van der Waals surface area contributed by atoms with Crippen molar-refractivity contribution in [3.8, 4) is 0 Å². The SMILES string of the molecule is CCCCCCC(CCCC)c1c[nH]c(=O)[nH]c1=O. The average Bonchev–Trinajstić information content (AvgIpc) is 2.39. The van der Waals surface area contributed by atoms with E-state index in [0.29, 0.717) is 0 Å². The van der Waals surface area contributed by atoms with Crippen LogP contribution in [0.2, 0.25) is 0 Å². The van der Waals surface area contributed by atoms with Crippen molar-refractivity contribution in [2.45, 2.75) is 71.1 Å². The Hall–Kier alpha value is -1.32. The highest BCUT2D eigenvalue weighted by Gasteiger charge is 2.14. The van der Waals surface area contributed by atoms with E-state index in [1.807, 2.05) is 0 Å². The molecule has 2 N–H and O–H groups in total. The van der Waals surface area contributed by atoms with E-state index in [1.54, 1.807) is 6.20 Å². The first-order chi connectivity index (χ1) is 9.19. The molecule has 108 valence electrons. The Morgan fingerprint density at radius 2 is 1.68 bits per heavy atom. The maximum Gasteiger partial charge on any atom is 0.325 e. The second-order valence-corrected chi connectivity index (χ2v) is 5.22. The van der Waals surface area contributed by atoms with Gasteiger partial charge in [-0.05, 0) is 18.8 Å². The van der Waals surface area contributed by atoms with Crippen molar-refractivity contribution in [1.82, 2.24) is 9.97 Å². The van der Waals surface area contributed by atoms with Crippen LogP contribution in [0.5, 0.6) is 0 Å². The molecule has 0 bridgehead atoms. The Morgan fingerprint density at radius 1 is 1.00 bits per heavy atom. The Bertz CT molecular complexity index is 462. The molecule has 0 spiro atoms. The monoisotopic (exact) mass is 266 g/mol. The van der Waals surface area contributed by atoms with Crippen LogP contribution in [0, 0.1) is 0 Å². The van der Waals surface area contributed by atoms with Gasteiger partial charge in [-0.15, -0.1) is 0 Å². The first kappa shape index (κ1) is 15.7. The predicted octanol–water partition coefficient (Wildman–Crippen LogP) is 3.31. The molecule has 1 rings (SSSR count). The molecule has 0 aliphatic heterocycles. The Kier molecular flexibility index (Phi) is 7.23. The van der Waals surface area contributed by atoms with Crippen LogP contribution in [0.4, 0.5) is 0 Å². The topological polar surface area (TPSA) is 65.7 Å². The average molecular weight is 266 g/mol. The summed E-state index contributed by atoms with van der Waals surface area (Å²) >= 11 is 0. The summed E-state index contributed by atoms with van der Waals surface area (Å²) in [5.41, 5.74) is 0.0962. The molecule has 19 heavy (non-hydrogen) atoms. The third kappa shape index (κ3) is 5.45. The molecule has 0 radical (unpaired) electrons. The molecule has 1 aromatic rings. The quantitative estimate of drug-likeness (QED) is 0.673. The fourth-order valence-corrected chi connectivity index (χ4v) is 2.45. The number of aromatic amines is 2. The minimum absolute atomic E-state index is 0.222. The molecule has 1 unspecified atom stereocenters. The van der Waals surface area contributed by atoms with Crippen molar-refractivity contribution >= 4 is 0 Å². The van der Waals surface area contributed by atoms with Crippen molar-refractivity contribution in [1.29, 1.82) is 0 Å². The summed E-state index contributed by atoms with van der Waals surface area (Å²) < 4.78 is 0. The first-order valence-corrected chi connectivity index (χ1v) is 7.50. The molecular weight excluding hydrogens is 240 g/mol. The number of unbranched alkanes of at least 4 members (excludes halogenated alkanes) is 4. The first-order valence-electron chi connectivity index (χ1n) is 7.50. The minimum Gasteiger partial charge on any atom is -0.314 e. The number of hydrogen-bond donors (Lipinski definition) is 2. The van der Waals surface area contributed by atoms with Gasteiger partial charge in [-0.25, -0.2) is 4.79 Å². The molecule has 1 atom stereocenters. The maximum absolute atomic E-state index is 11.9. The van der Waals surface area contributed by atoms with E-state index in [1.165, 1.54) is 19.3 Å². The molecule has 0 aliphatic rings. The van der Waals surface area contributed by atoms with E-state index < -0.39 is 5.69 Å². The van der Waals surface area contributed by atoms with Crippen molar-refractivity contribution < 1.29 is 0 Å². The van der Waals surface area contributed by atoms with Crippen molar-refractivity contribution in [3.05, 3.63) is 32.6 Å². The lowest BCUT2D eigenvalue weighted by atomic mass is 9.90. The zero-order valence-electron chi connectivity index (χ0n) is 12.1. The van der Waals surface area contributed by atoms with E-state index in [4.69, 9.17) is 0 Å². The lowest BCUT2D eigenvalue weighted by Gasteiger charge is -2.15. The van der Waals surface area contributed by atoms with Crippen molar-refractivity contribution in [3.63, 3.8) is 0 Å². The normalized spacial score (nSPS) is 12.5. The fourth-order valence-electron chi connectivity index (χ4n) is 2.45. The summed E-state index contributed by atoms with van der Waals surface area (Å²) in [5, 5.41) is 0. The lowest BCUT2D eigenvalue weighted by Crippen LogP contribution is -2.26. The maximum atomic E-state index is 11.9. The molecule has 4 heteroatoms. The van der Waals surface area contributed by atoms with Gasteiger partial charge in [0.15, 0.2) is 0 Å². The number of nitrogens with one attached hydrogen (secondary N) is 2. The van der Waals surface area contributed by atoms with Crippen LogP contribution in [-0.2, 0) is 0 Å². The highest BCUT2D eigenvalue weighted by molar-refractivity contribution is 5.10. The van der Waals surface area contributed by atoms with Gasteiger partial charge < -0.3 is 4.98 Å². The molecule has 0 amide bonds. The van der Waals surface area contributed by atoms with E-state index in [9.17, 15) is 9.59 Å². The largest absolute Gasteiger partial charge is 0.325 e. The van der Waals surface area contributed by atoms with Crippen LogP contribution in [0.25, 0.3) is 0 Å². The molecule has 4 nitrogen and oxygen atoms in total. The summed E-state index contributed by atoms with van der Waals surface area (Å²) in [5.74, 6) is 0.275. The summed E-state index contributed by atoms with van der Waals surface area (Å²) in [7, 11) is 0. The Morgan fingerprint density at radius 3 is 2.32 bits per heavy atom. The summed E-state index contributed by atoms with van der Waals surface area (Å²) in [6, 6.07) is 0. The Labute approximate surface area is 114 Å². The number of aromatic nitrogens is 2. The van der Waals surface area contributed by atoms with Gasteiger partial charge in [0.05, 0.1) is 0 Å².